The van der Waals surface area contributed by atoms with E-state index < -0.39 is 0 Å². The first-order valence-electron chi connectivity index (χ1n) is 8.53. The molecule has 0 spiro atoms. The maximum atomic E-state index is 12.4. The SMILES string of the molecule is O=C(/C=C/[c-]1[c-][c-][c-][c-]1)c1ccccc1OCc1ccccc1.[Fe].[c-]1[c-][c-][cH-][c-]1. The Balaban J connectivity index is 0.000000437. The zero-order valence-electron chi connectivity index (χ0n) is 15.3. The van der Waals surface area contributed by atoms with Crippen LogP contribution in [-0.2, 0) is 23.7 Å². The van der Waals surface area contributed by atoms with Gasteiger partial charge in [-0.3, -0.25) is 0 Å². The van der Waals surface area contributed by atoms with Crippen LogP contribution >= 0.6 is 0 Å². The number of carbonyl (C=O) groups is 1. The summed E-state index contributed by atoms with van der Waals surface area (Å²) < 4.78 is 5.80. The van der Waals surface area contributed by atoms with Gasteiger partial charge in [0.05, 0.1) is 0 Å². The molecule has 0 saturated carbocycles. The number of ketones is 1. The molecular weight excluding hydrogens is 400 g/mol. The van der Waals surface area contributed by atoms with Gasteiger partial charge in [-0.25, -0.2) is 0 Å². The molecule has 0 atom stereocenters. The molecule has 0 heterocycles. The maximum absolute atomic E-state index is 12.4. The van der Waals surface area contributed by atoms with Gasteiger partial charge in [-0.1, -0.05) is 42.5 Å². The van der Waals surface area contributed by atoms with Gasteiger partial charge in [0.1, 0.15) is 12.4 Å². The minimum Gasteiger partial charge on any atom is -0.999 e. The first-order chi connectivity index (χ1) is 13.8. The predicted molar refractivity (Wildman–Crippen MR) is 105 cm³/mol. The van der Waals surface area contributed by atoms with Crippen molar-refractivity contribution in [3.8, 4) is 5.75 Å². The molecule has 0 aliphatic heterocycles. The molecule has 0 saturated heterocycles. The van der Waals surface area contributed by atoms with E-state index in [2.05, 4.69) is 48.5 Å². The smallest absolute Gasteiger partial charge is 0.128 e. The molecule has 0 bridgehead atoms. The van der Waals surface area contributed by atoms with Crippen LogP contribution in [0.2, 0.25) is 0 Å². The number of ether oxygens (including phenoxy) is 1. The van der Waals surface area contributed by atoms with Crippen LogP contribution < -0.4 is 4.74 Å². The topological polar surface area (TPSA) is 26.3 Å². The van der Waals surface area contributed by atoms with Crippen LogP contribution in [0.1, 0.15) is 21.5 Å². The van der Waals surface area contributed by atoms with Gasteiger partial charge in [0.2, 0.25) is 0 Å². The summed E-state index contributed by atoms with van der Waals surface area (Å²) >= 11 is 0. The van der Waals surface area contributed by atoms with E-state index in [1.165, 1.54) is 6.08 Å². The van der Waals surface area contributed by atoms with Crippen LogP contribution in [0.25, 0.3) is 6.08 Å². The Morgan fingerprint density at radius 2 is 1.59 bits per heavy atom. The van der Waals surface area contributed by atoms with Crippen molar-refractivity contribution in [2.75, 3.05) is 0 Å². The van der Waals surface area contributed by atoms with E-state index in [9.17, 15) is 4.79 Å². The first-order valence-corrected chi connectivity index (χ1v) is 8.53. The van der Waals surface area contributed by atoms with Crippen LogP contribution in [0.5, 0.6) is 5.75 Å². The monoisotopic (exact) mass is 414 g/mol. The number of hydrogen-bond donors (Lipinski definition) is 0. The Morgan fingerprint density at radius 1 is 0.931 bits per heavy atom. The molecule has 0 N–H and O–H groups in total. The van der Waals surface area contributed by atoms with Gasteiger partial charge in [-0.2, -0.15) is 0 Å². The normalized spacial score (nSPS) is 9.93. The number of para-hydroxylation sites is 1. The minimum absolute atomic E-state index is 0. The van der Waals surface area contributed by atoms with Gasteiger partial charge in [0.25, 0.3) is 0 Å². The third-order valence-electron chi connectivity index (χ3n) is 3.60. The van der Waals surface area contributed by atoms with E-state index in [0.717, 1.165) is 5.56 Å². The molecule has 0 amide bonds. The Hall–Kier alpha value is -3.13. The van der Waals surface area contributed by atoms with Gasteiger partial charge >= 0.3 is 0 Å². The fourth-order valence-corrected chi connectivity index (χ4v) is 2.27. The standard InChI is InChI=1S/C21H13O2.C5H.Fe/c22-20(15-14-17-8-4-5-9-17)19-12-6-7-13-21(19)23-16-18-10-2-1-3-11-18;1-2-4-5-3-1;/h1-3,6-7,10-15H,16H2;1H;/q2*-5;/b15-14+;;. The van der Waals surface area contributed by atoms with Crippen molar-refractivity contribution in [1.82, 2.24) is 0 Å². The summed E-state index contributed by atoms with van der Waals surface area (Å²) in [6.45, 7) is 0.420. The summed E-state index contributed by atoms with van der Waals surface area (Å²) in [4.78, 5) is 12.4. The number of carbonyl (C=O) groups excluding carboxylic acids is 1. The molecule has 0 aliphatic carbocycles. The number of benzene rings is 2. The second-order valence-corrected chi connectivity index (χ2v) is 5.56. The fraction of sp³-hybridized carbons (Fsp3) is 0.0385. The quantitative estimate of drug-likeness (QED) is 0.198. The summed E-state index contributed by atoms with van der Waals surface area (Å²) in [6.07, 6.45) is 3.12. The average Bonchev–Trinajstić information content (AvgIpc) is 3.48. The van der Waals surface area contributed by atoms with Crippen molar-refractivity contribution >= 4 is 11.9 Å². The van der Waals surface area contributed by atoms with Crippen molar-refractivity contribution in [2.24, 2.45) is 0 Å². The zero-order chi connectivity index (χ0) is 19.4. The van der Waals surface area contributed by atoms with Crippen molar-refractivity contribution in [1.29, 1.82) is 0 Å². The van der Waals surface area contributed by atoms with Crippen molar-refractivity contribution in [3.05, 3.63) is 132 Å². The minimum atomic E-state index is -0.128. The van der Waals surface area contributed by atoms with Gasteiger partial charge in [0, 0.05) is 28.4 Å². The molecule has 29 heavy (non-hydrogen) atoms. The molecule has 4 aromatic rings. The first kappa shape index (κ1) is 22.2. The molecule has 148 valence electrons. The van der Waals surface area contributed by atoms with Crippen molar-refractivity contribution in [3.63, 3.8) is 0 Å². The van der Waals surface area contributed by atoms with Gasteiger partial charge in [0.15, 0.2) is 0 Å². The van der Waals surface area contributed by atoms with E-state index in [1.807, 2.05) is 42.5 Å². The Kier molecular flexibility index (Phi) is 9.44. The summed E-state index contributed by atoms with van der Waals surface area (Å²) in [5, 5.41) is 0. The van der Waals surface area contributed by atoms with Crippen molar-refractivity contribution < 1.29 is 26.6 Å². The van der Waals surface area contributed by atoms with Gasteiger partial charge < -0.3 is 81.8 Å². The van der Waals surface area contributed by atoms with Crippen LogP contribution in [-0.4, -0.2) is 5.78 Å². The molecule has 4 rings (SSSR count). The summed E-state index contributed by atoms with van der Waals surface area (Å²) in [7, 11) is 0. The predicted octanol–water partition coefficient (Wildman–Crippen LogP) is 4.69. The van der Waals surface area contributed by atoms with Gasteiger partial charge in [-0.15, -0.1) is 0 Å². The Morgan fingerprint density at radius 3 is 2.24 bits per heavy atom. The van der Waals surface area contributed by atoms with Crippen molar-refractivity contribution in [2.45, 2.75) is 6.61 Å². The second kappa shape index (κ2) is 12.4. The number of allylic oxidation sites excluding steroid dienone is 1. The Labute approximate surface area is 182 Å². The molecule has 0 fully saturated rings. The van der Waals surface area contributed by atoms with Crippen LogP contribution in [0.3, 0.4) is 0 Å². The largest absolute Gasteiger partial charge is 0.999 e. The van der Waals surface area contributed by atoms with Crippen LogP contribution in [0.15, 0.2) is 66.7 Å². The van der Waals surface area contributed by atoms with Crippen LogP contribution in [0, 0.1) is 48.5 Å². The molecule has 4 aromatic carbocycles. The summed E-state index contributed by atoms with van der Waals surface area (Å²) in [5.74, 6) is 0.441. The number of hydrogen-bond acceptors (Lipinski definition) is 2. The van der Waals surface area contributed by atoms with Gasteiger partial charge in [-0.05, 0) is 17.7 Å². The van der Waals surface area contributed by atoms with E-state index in [1.54, 1.807) is 24.3 Å². The maximum Gasteiger partial charge on any atom is 0.128 e. The second-order valence-electron chi connectivity index (χ2n) is 5.56. The average molecular weight is 414 g/mol. The molecule has 3 heteroatoms. The molecule has 0 aliphatic rings. The summed E-state index contributed by atoms with van der Waals surface area (Å²) in [5.41, 5.74) is 2.23. The molecular formula is C26H14FeO2-10. The van der Waals surface area contributed by atoms with E-state index in [4.69, 9.17) is 4.74 Å². The Bertz CT molecular complexity index is 952. The van der Waals surface area contributed by atoms with Crippen LogP contribution in [0.4, 0.5) is 0 Å². The zero-order valence-corrected chi connectivity index (χ0v) is 16.4. The molecule has 0 aromatic heterocycles. The molecule has 2 nitrogen and oxygen atoms in total. The fourth-order valence-electron chi connectivity index (χ4n) is 2.27. The molecule has 0 unspecified atom stereocenters. The third-order valence-corrected chi connectivity index (χ3v) is 3.60. The van der Waals surface area contributed by atoms with E-state index in [-0.39, 0.29) is 22.9 Å². The third kappa shape index (κ3) is 7.42. The van der Waals surface area contributed by atoms with E-state index in [0.29, 0.717) is 23.5 Å². The molecule has 0 radical (unpaired) electrons. The number of rotatable bonds is 6. The summed E-state index contributed by atoms with van der Waals surface area (Å²) in [6, 6.07) is 40.0. The van der Waals surface area contributed by atoms with E-state index >= 15 is 0 Å².